The molecular weight excluding hydrogens is 392 g/mol. The van der Waals surface area contributed by atoms with Crippen molar-refractivity contribution in [3.8, 4) is 0 Å². The minimum Gasteiger partial charge on any atom is -0.445 e. The molecule has 30 heavy (non-hydrogen) atoms. The van der Waals surface area contributed by atoms with E-state index in [0.717, 1.165) is 5.56 Å². The first-order valence-corrected chi connectivity index (χ1v) is 9.68. The predicted molar refractivity (Wildman–Crippen MR) is 107 cm³/mol. The largest absolute Gasteiger partial charge is 0.445 e. The van der Waals surface area contributed by atoms with Gasteiger partial charge in [0.05, 0.1) is 0 Å². The van der Waals surface area contributed by atoms with E-state index in [1.807, 2.05) is 18.2 Å². The molecule has 0 aliphatic carbocycles. The fourth-order valence-corrected chi connectivity index (χ4v) is 2.76. The van der Waals surface area contributed by atoms with E-state index < -0.39 is 35.6 Å². The van der Waals surface area contributed by atoms with Gasteiger partial charge < -0.3 is 14.8 Å². The summed E-state index contributed by atoms with van der Waals surface area (Å²) in [7, 11) is 0. The average Bonchev–Trinajstić information content (AvgIpc) is 3.18. The maximum absolute atomic E-state index is 12.3. The zero-order chi connectivity index (χ0) is 22.1. The van der Waals surface area contributed by atoms with Crippen LogP contribution in [0.4, 0.5) is 9.59 Å². The Morgan fingerprint density at radius 2 is 1.80 bits per heavy atom. The van der Waals surface area contributed by atoms with E-state index >= 15 is 0 Å². The lowest BCUT2D eigenvalue weighted by Crippen LogP contribution is -2.53. The number of carbonyl (C=O) groups excluding carboxylic acids is 4. The molecule has 1 aromatic rings. The van der Waals surface area contributed by atoms with Crippen molar-refractivity contribution < 1.29 is 28.7 Å². The Morgan fingerprint density at radius 3 is 2.47 bits per heavy atom. The number of likely N-dealkylation sites (tertiary alicyclic amines) is 1. The monoisotopic (exact) mass is 420 g/mol. The lowest BCUT2D eigenvalue weighted by atomic mass is 10.2. The summed E-state index contributed by atoms with van der Waals surface area (Å²) < 4.78 is 10.3. The standard InChI is InChI=1S/C20H28N4O6/c1-20(2,3)30-19(28)24-11-7-10-15(24)17(26)23-22-16(25)12-21-18(27)29-13-14-8-5-4-6-9-14/h4-6,8-9,15H,7,10-13H2,1-3H3,(H,21,27)(H,22,25)(H,23,26). The van der Waals surface area contributed by atoms with Crippen LogP contribution in [0.1, 0.15) is 39.2 Å². The van der Waals surface area contributed by atoms with Crippen LogP contribution in [-0.2, 0) is 25.7 Å². The number of benzene rings is 1. The molecule has 10 nitrogen and oxygen atoms in total. The fourth-order valence-electron chi connectivity index (χ4n) is 2.76. The lowest BCUT2D eigenvalue weighted by molar-refractivity contribution is -0.131. The second-order valence-electron chi connectivity index (χ2n) is 7.78. The number of nitrogens with one attached hydrogen (secondary N) is 3. The van der Waals surface area contributed by atoms with Gasteiger partial charge in [-0.15, -0.1) is 0 Å². The van der Waals surface area contributed by atoms with Crippen molar-refractivity contribution in [2.45, 2.75) is 51.9 Å². The molecule has 1 saturated heterocycles. The van der Waals surface area contributed by atoms with Crippen LogP contribution in [0.25, 0.3) is 0 Å². The molecule has 2 rings (SSSR count). The van der Waals surface area contributed by atoms with Crippen LogP contribution in [0.5, 0.6) is 0 Å². The summed E-state index contributed by atoms with van der Waals surface area (Å²) in [6.45, 7) is 5.33. The molecule has 164 valence electrons. The Balaban J connectivity index is 1.70. The second-order valence-corrected chi connectivity index (χ2v) is 7.78. The highest BCUT2D eigenvalue weighted by Gasteiger charge is 2.36. The molecule has 0 aromatic heterocycles. The van der Waals surface area contributed by atoms with E-state index in [-0.39, 0.29) is 13.2 Å². The van der Waals surface area contributed by atoms with Crippen LogP contribution < -0.4 is 16.2 Å². The highest BCUT2D eigenvalue weighted by Crippen LogP contribution is 2.20. The van der Waals surface area contributed by atoms with Gasteiger partial charge >= 0.3 is 12.2 Å². The maximum Gasteiger partial charge on any atom is 0.410 e. The smallest absolute Gasteiger partial charge is 0.410 e. The van der Waals surface area contributed by atoms with Crippen LogP contribution in [0.2, 0.25) is 0 Å². The van der Waals surface area contributed by atoms with E-state index in [1.165, 1.54) is 4.90 Å². The number of hydrazine groups is 1. The van der Waals surface area contributed by atoms with Crippen molar-refractivity contribution in [1.29, 1.82) is 0 Å². The molecule has 0 spiro atoms. The fraction of sp³-hybridized carbons (Fsp3) is 0.500. The Bertz CT molecular complexity index is 762. The van der Waals surface area contributed by atoms with E-state index in [9.17, 15) is 19.2 Å². The van der Waals surface area contributed by atoms with Crippen molar-refractivity contribution in [3.05, 3.63) is 35.9 Å². The molecule has 4 amide bonds. The average molecular weight is 420 g/mol. The molecule has 1 unspecified atom stereocenters. The number of hydrogen-bond acceptors (Lipinski definition) is 6. The molecule has 1 atom stereocenters. The topological polar surface area (TPSA) is 126 Å². The van der Waals surface area contributed by atoms with Crippen LogP contribution in [0.15, 0.2) is 30.3 Å². The first kappa shape index (κ1) is 23.0. The highest BCUT2D eigenvalue weighted by molar-refractivity contribution is 5.89. The van der Waals surface area contributed by atoms with Crippen molar-refractivity contribution in [3.63, 3.8) is 0 Å². The van der Waals surface area contributed by atoms with Gasteiger partial charge in [0.1, 0.15) is 24.8 Å². The number of carbonyl (C=O) groups is 4. The van der Waals surface area contributed by atoms with Gasteiger partial charge in [-0.25, -0.2) is 9.59 Å². The minimum atomic E-state index is -0.757. The summed E-state index contributed by atoms with van der Waals surface area (Å²) in [6, 6.07) is 8.37. The van der Waals surface area contributed by atoms with Gasteiger partial charge in [0, 0.05) is 6.54 Å². The van der Waals surface area contributed by atoms with E-state index in [1.54, 1.807) is 32.9 Å². The normalized spacial score (nSPS) is 15.8. The van der Waals surface area contributed by atoms with E-state index in [4.69, 9.17) is 9.47 Å². The van der Waals surface area contributed by atoms with Crippen LogP contribution in [0.3, 0.4) is 0 Å². The molecule has 0 bridgehead atoms. The summed E-state index contributed by atoms with van der Waals surface area (Å²) in [5.41, 5.74) is 4.63. The maximum atomic E-state index is 12.3. The van der Waals surface area contributed by atoms with Crippen molar-refractivity contribution >= 4 is 24.0 Å². The molecule has 1 fully saturated rings. The minimum absolute atomic E-state index is 0.0766. The summed E-state index contributed by atoms with van der Waals surface area (Å²) in [4.78, 5) is 49.4. The van der Waals surface area contributed by atoms with Crippen LogP contribution >= 0.6 is 0 Å². The number of alkyl carbamates (subject to hydrolysis) is 1. The molecule has 1 heterocycles. The molecule has 1 aromatic carbocycles. The zero-order valence-electron chi connectivity index (χ0n) is 17.4. The first-order chi connectivity index (χ1) is 14.2. The van der Waals surface area contributed by atoms with Gasteiger partial charge in [-0.1, -0.05) is 30.3 Å². The quantitative estimate of drug-likeness (QED) is 0.619. The molecule has 0 saturated carbocycles. The van der Waals surface area contributed by atoms with Gasteiger partial charge in [-0.3, -0.25) is 25.3 Å². The molecule has 1 aliphatic rings. The van der Waals surface area contributed by atoms with E-state index in [2.05, 4.69) is 16.2 Å². The summed E-state index contributed by atoms with van der Waals surface area (Å²) in [5, 5.41) is 2.29. The van der Waals surface area contributed by atoms with Crippen molar-refractivity contribution in [2.75, 3.05) is 13.1 Å². The van der Waals surface area contributed by atoms with Crippen LogP contribution in [0, 0.1) is 0 Å². The number of amides is 4. The highest BCUT2D eigenvalue weighted by atomic mass is 16.6. The summed E-state index contributed by atoms with van der Waals surface area (Å²) in [6.07, 6.45) is -0.216. The number of hydrogen-bond donors (Lipinski definition) is 3. The Hall–Kier alpha value is -3.30. The second kappa shape index (κ2) is 10.5. The Labute approximate surface area is 175 Å². The van der Waals surface area contributed by atoms with Crippen LogP contribution in [-0.4, -0.2) is 53.6 Å². The van der Waals surface area contributed by atoms with Gasteiger partial charge in [-0.2, -0.15) is 0 Å². The van der Waals surface area contributed by atoms with Gasteiger partial charge in [0.2, 0.25) is 0 Å². The molecule has 3 N–H and O–H groups in total. The molecule has 10 heteroatoms. The predicted octanol–water partition coefficient (Wildman–Crippen LogP) is 1.46. The lowest BCUT2D eigenvalue weighted by Gasteiger charge is -2.28. The van der Waals surface area contributed by atoms with Gasteiger partial charge in [0.25, 0.3) is 11.8 Å². The summed E-state index contributed by atoms with van der Waals surface area (Å²) >= 11 is 0. The van der Waals surface area contributed by atoms with E-state index in [0.29, 0.717) is 19.4 Å². The third kappa shape index (κ3) is 7.61. The number of rotatable bonds is 5. The molecular formula is C20H28N4O6. The van der Waals surface area contributed by atoms with Crippen molar-refractivity contribution in [2.24, 2.45) is 0 Å². The number of ether oxygens (including phenoxy) is 2. The number of nitrogens with zero attached hydrogens (tertiary/aromatic N) is 1. The van der Waals surface area contributed by atoms with Gasteiger partial charge in [0.15, 0.2) is 0 Å². The summed E-state index contributed by atoms with van der Waals surface area (Å²) in [5.74, 6) is -1.17. The third-order valence-electron chi connectivity index (χ3n) is 4.11. The SMILES string of the molecule is CC(C)(C)OC(=O)N1CCCC1C(=O)NNC(=O)CNC(=O)OCc1ccccc1. The van der Waals surface area contributed by atoms with Gasteiger partial charge in [-0.05, 0) is 39.2 Å². The zero-order valence-corrected chi connectivity index (χ0v) is 17.4. The molecule has 0 radical (unpaired) electrons. The van der Waals surface area contributed by atoms with Crippen molar-refractivity contribution in [1.82, 2.24) is 21.1 Å². The molecule has 1 aliphatic heterocycles. The first-order valence-electron chi connectivity index (χ1n) is 9.68. The Morgan fingerprint density at radius 1 is 1.10 bits per heavy atom. The third-order valence-corrected chi connectivity index (χ3v) is 4.11. The Kier molecular flexibility index (Phi) is 8.02.